The molecule has 134 valence electrons. The summed E-state index contributed by atoms with van der Waals surface area (Å²) < 4.78 is 5.15. The number of amides is 1. The van der Waals surface area contributed by atoms with E-state index in [0.29, 0.717) is 5.92 Å². The molecule has 1 saturated heterocycles. The van der Waals surface area contributed by atoms with Gasteiger partial charge in [0.25, 0.3) is 0 Å². The van der Waals surface area contributed by atoms with Crippen LogP contribution in [0.25, 0.3) is 0 Å². The monoisotopic (exact) mass is 350 g/mol. The highest BCUT2D eigenvalue weighted by Crippen LogP contribution is 2.65. The number of carbonyl (C=O) groups is 1. The van der Waals surface area contributed by atoms with Gasteiger partial charge >= 0.3 is 0 Å². The molecule has 1 aliphatic carbocycles. The molecule has 1 aromatic rings. The molecule has 0 aromatic carbocycles. The van der Waals surface area contributed by atoms with Crippen molar-refractivity contribution in [1.82, 2.24) is 10.2 Å². The molecule has 2 fully saturated rings. The number of thiophene rings is 1. The molecule has 2 heterocycles. The van der Waals surface area contributed by atoms with Crippen molar-refractivity contribution in [3.8, 4) is 0 Å². The first kappa shape index (κ1) is 17.9. The van der Waals surface area contributed by atoms with E-state index in [1.165, 1.54) is 17.7 Å². The maximum absolute atomic E-state index is 13.0. The van der Waals surface area contributed by atoms with Crippen molar-refractivity contribution in [2.45, 2.75) is 38.5 Å². The van der Waals surface area contributed by atoms with Crippen molar-refractivity contribution in [3.05, 3.63) is 22.4 Å². The summed E-state index contributed by atoms with van der Waals surface area (Å²) in [6.07, 6.45) is 3.29. The van der Waals surface area contributed by atoms with Gasteiger partial charge in [0.15, 0.2) is 0 Å². The second-order valence-corrected chi connectivity index (χ2v) is 8.88. The summed E-state index contributed by atoms with van der Waals surface area (Å²) in [6, 6.07) is 4.17. The van der Waals surface area contributed by atoms with Gasteiger partial charge in [-0.25, -0.2) is 0 Å². The molecule has 0 radical (unpaired) electrons. The van der Waals surface area contributed by atoms with Crippen LogP contribution in [0, 0.1) is 11.3 Å². The Morgan fingerprint density at radius 2 is 2.12 bits per heavy atom. The number of nitrogens with one attached hydrogen (secondary N) is 1. The largest absolute Gasteiger partial charge is 0.383 e. The lowest BCUT2D eigenvalue weighted by Gasteiger charge is -2.32. The van der Waals surface area contributed by atoms with Crippen molar-refractivity contribution in [1.29, 1.82) is 0 Å². The Hall–Kier alpha value is -0.910. The molecular weight excluding hydrogens is 320 g/mol. The zero-order chi connectivity index (χ0) is 17.2. The highest BCUT2D eigenvalue weighted by molar-refractivity contribution is 7.10. The van der Waals surface area contributed by atoms with Gasteiger partial charge in [0.2, 0.25) is 5.91 Å². The van der Waals surface area contributed by atoms with Crippen molar-refractivity contribution in [3.63, 3.8) is 0 Å². The lowest BCUT2D eigenvalue weighted by molar-refractivity contribution is -0.124. The smallest absolute Gasteiger partial charge is 0.232 e. The quantitative estimate of drug-likeness (QED) is 0.822. The third kappa shape index (κ3) is 3.39. The third-order valence-corrected chi connectivity index (χ3v) is 6.97. The summed E-state index contributed by atoms with van der Waals surface area (Å²) >= 11 is 1.71. The molecule has 0 bridgehead atoms. The zero-order valence-corrected chi connectivity index (χ0v) is 16.0. The fourth-order valence-electron chi connectivity index (χ4n) is 4.08. The molecule has 4 nitrogen and oxygen atoms in total. The van der Waals surface area contributed by atoms with Gasteiger partial charge in [0.1, 0.15) is 0 Å². The van der Waals surface area contributed by atoms with Crippen LogP contribution in [0.5, 0.6) is 0 Å². The lowest BCUT2D eigenvalue weighted by atomic mass is 9.92. The van der Waals surface area contributed by atoms with Crippen LogP contribution >= 0.6 is 11.3 Å². The second kappa shape index (κ2) is 7.14. The highest BCUT2D eigenvalue weighted by Gasteiger charge is 2.67. The molecule has 1 aliphatic heterocycles. The second-order valence-electron chi connectivity index (χ2n) is 7.93. The van der Waals surface area contributed by atoms with E-state index >= 15 is 0 Å². The Morgan fingerprint density at radius 3 is 2.67 bits per heavy atom. The molecule has 5 heteroatoms. The summed E-state index contributed by atoms with van der Waals surface area (Å²) in [4.78, 5) is 16.6. The van der Waals surface area contributed by atoms with Gasteiger partial charge < -0.3 is 15.0 Å². The SMILES string of the molecule is COCCN1CCC(CNC(=O)C2(c3cccs3)CC2(C)C)CC1. The molecule has 1 atom stereocenters. The van der Waals surface area contributed by atoms with Crippen LogP contribution < -0.4 is 5.32 Å². The van der Waals surface area contributed by atoms with Gasteiger partial charge in [0, 0.05) is 25.1 Å². The molecule has 0 spiro atoms. The Morgan fingerprint density at radius 1 is 1.42 bits per heavy atom. The van der Waals surface area contributed by atoms with Gasteiger partial charge in [-0.3, -0.25) is 4.79 Å². The van der Waals surface area contributed by atoms with Gasteiger partial charge in [-0.05, 0) is 55.1 Å². The number of rotatable bonds is 7. The summed E-state index contributed by atoms with van der Waals surface area (Å²) in [5.41, 5.74) is -0.216. The van der Waals surface area contributed by atoms with Gasteiger partial charge in [-0.15, -0.1) is 11.3 Å². The van der Waals surface area contributed by atoms with Crippen molar-refractivity contribution in [2.75, 3.05) is 39.9 Å². The van der Waals surface area contributed by atoms with E-state index in [2.05, 4.69) is 41.6 Å². The minimum absolute atomic E-state index is 0.0749. The predicted molar refractivity (Wildman–Crippen MR) is 98.4 cm³/mol. The standard InChI is InChI=1S/C19H30N2O2S/c1-18(2)14-19(18,16-5-4-12-24-16)17(22)20-13-15-6-8-21(9-7-15)10-11-23-3/h4-5,12,15H,6-11,13-14H2,1-3H3,(H,20,22). The Labute approximate surface area is 149 Å². The highest BCUT2D eigenvalue weighted by atomic mass is 32.1. The number of hydrogen-bond donors (Lipinski definition) is 1. The van der Waals surface area contributed by atoms with Crippen LogP contribution in [0.2, 0.25) is 0 Å². The van der Waals surface area contributed by atoms with Crippen LogP contribution in [0.4, 0.5) is 0 Å². The van der Waals surface area contributed by atoms with Gasteiger partial charge in [-0.2, -0.15) is 0 Å². The first-order chi connectivity index (χ1) is 11.5. The summed E-state index contributed by atoms with van der Waals surface area (Å²) in [5, 5.41) is 5.36. The Bertz CT molecular complexity index is 550. The minimum Gasteiger partial charge on any atom is -0.383 e. The zero-order valence-electron chi connectivity index (χ0n) is 15.1. The van der Waals surface area contributed by atoms with E-state index < -0.39 is 0 Å². The first-order valence-corrected chi connectivity index (χ1v) is 9.91. The van der Waals surface area contributed by atoms with E-state index in [4.69, 9.17) is 4.74 Å². The molecule has 1 saturated carbocycles. The predicted octanol–water partition coefficient (Wildman–Crippen LogP) is 2.89. The van der Waals surface area contributed by atoms with Crippen LogP contribution in [0.1, 0.15) is 38.0 Å². The molecule has 1 aromatic heterocycles. The maximum atomic E-state index is 13.0. The molecule has 2 aliphatic rings. The van der Waals surface area contributed by atoms with E-state index in [1.54, 1.807) is 18.4 Å². The minimum atomic E-state index is -0.291. The van der Waals surface area contributed by atoms with E-state index in [-0.39, 0.29) is 16.7 Å². The normalized spacial score (nSPS) is 27.1. The third-order valence-electron chi connectivity index (χ3n) is 5.94. The van der Waals surface area contributed by atoms with E-state index in [0.717, 1.165) is 39.2 Å². The van der Waals surface area contributed by atoms with Gasteiger partial charge in [0.05, 0.1) is 12.0 Å². The summed E-state index contributed by atoms with van der Waals surface area (Å²) in [7, 11) is 1.76. The number of piperidine rings is 1. The first-order valence-electron chi connectivity index (χ1n) is 9.03. The number of nitrogens with zero attached hydrogens (tertiary/aromatic N) is 1. The summed E-state index contributed by atoms with van der Waals surface area (Å²) in [5.74, 6) is 0.840. The molecule has 3 rings (SSSR count). The molecule has 1 N–H and O–H groups in total. The molecule has 1 amide bonds. The fourth-order valence-corrected chi connectivity index (χ4v) is 5.19. The molecule has 1 unspecified atom stereocenters. The number of carbonyl (C=O) groups excluding carboxylic acids is 1. The van der Waals surface area contributed by atoms with Crippen LogP contribution in [0.3, 0.4) is 0 Å². The lowest BCUT2D eigenvalue weighted by Crippen LogP contribution is -2.43. The van der Waals surface area contributed by atoms with Crippen molar-refractivity contribution < 1.29 is 9.53 Å². The average Bonchev–Trinajstić information content (AvgIpc) is 2.93. The van der Waals surface area contributed by atoms with Crippen LogP contribution in [0.15, 0.2) is 17.5 Å². The van der Waals surface area contributed by atoms with Crippen molar-refractivity contribution in [2.24, 2.45) is 11.3 Å². The van der Waals surface area contributed by atoms with Crippen LogP contribution in [-0.4, -0.2) is 50.7 Å². The summed E-state index contributed by atoms with van der Waals surface area (Å²) in [6.45, 7) is 9.29. The number of likely N-dealkylation sites (tertiary alicyclic amines) is 1. The van der Waals surface area contributed by atoms with Gasteiger partial charge in [-0.1, -0.05) is 19.9 Å². The van der Waals surface area contributed by atoms with Crippen molar-refractivity contribution >= 4 is 17.2 Å². The molecular formula is C19H30N2O2S. The fraction of sp³-hybridized carbons (Fsp3) is 0.737. The van der Waals surface area contributed by atoms with E-state index in [9.17, 15) is 4.79 Å². The number of hydrogen-bond acceptors (Lipinski definition) is 4. The number of methoxy groups -OCH3 is 1. The Kier molecular flexibility index (Phi) is 5.33. The van der Waals surface area contributed by atoms with Crippen LogP contribution in [-0.2, 0) is 14.9 Å². The number of ether oxygens (including phenoxy) is 1. The van der Waals surface area contributed by atoms with E-state index in [1.807, 2.05) is 0 Å². The Balaban J connectivity index is 1.50. The average molecular weight is 351 g/mol. The maximum Gasteiger partial charge on any atom is 0.232 e. The molecule has 24 heavy (non-hydrogen) atoms. The topological polar surface area (TPSA) is 41.6 Å².